The molecular weight excluding hydrogens is 354 g/mol. The van der Waals surface area contributed by atoms with Gasteiger partial charge in [0.25, 0.3) is 5.13 Å². The van der Waals surface area contributed by atoms with Crippen molar-refractivity contribution in [2.24, 2.45) is 0 Å². The first-order valence-corrected chi connectivity index (χ1v) is 8.17. The maximum absolute atomic E-state index is 8.95. The molecular formula is C14H17BrN3O2S+. The van der Waals surface area contributed by atoms with Gasteiger partial charge in [0.05, 0.1) is 18.9 Å². The smallest absolute Gasteiger partial charge is 0.276 e. The molecule has 21 heavy (non-hydrogen) atoms. The number of aliphatic hydroxyl groups excluding tert-OH is 2. The van der Waals surface area contributed by atoms with Crippen molar-refractivity contribution in [1.29, 1.82) is 0 Å². The van der Waals surface area contributed by atoms with Crippen LogP contribution < -0.4 is 5.32 Å². The number of hydrogen-bond acceptors (Lipinski definition) is 4. The molecule has 0 spiro atoms. The first-order chi connectivity index (χ1) is 10.2. The molecule has 0 aliphatic rings. The Morgan fingerprint density at radius 2 is 1.86 bits per heavy atom. The average molecular weight is 371 g/mol. The molecule has 112 valence electrons. The standard InChI is InChI=1S/C14H16BrN3O2S/c15-12-3-1-11(2-4-12)13-9-21-14(17-13)16-10-18(5-7-19)6-8-20/h1-4,9-10,19-20H,5-8H2/p+1. The zero-order valence-corrected chi connectivity index (χ0v) is 13.8. The third-order valence-electron chi connectivity index (χ3n) is 2.79. The van der Waals surface area contributed by atoms with Crippen molar-refractivity contribution < 1.29 is 14.8 Å². The summed E-state index contributed by atoms with van der Waals surface area (Å²) < 4.78 is 2.84. The van der Waals surface area contributed by atoms with Crippen LogP contribution in [0.3, 0.4) is 0 Å². The van der Waals surface area contributed by atoms with E-state index in [1.54, 1.807) is 10.9 Å². The highest BCUT2D eigenvalue weighted by Crippen LogP contribution is 2.25. The van der Waals surface area contributed by atoms with Crippen LogP contribution in [0, 0.1) is 0 Å². The van der Waals surface area contributed by atoms with Crippen LogP contribution in [0.4, 0.5) is 5.13 Å². The average Bonchev–Trinajstić information content (AvgIpc) is 2.95. The van der Waals surface area contributed by atoms with Gasteiger partial charge >= 0.3 is 0 Å². The van der Waals surface area contributed by atoms with Crippen LogP contribution in [0.1, 0.15) is 0 Å². The lowest BCUT2D eigenvalue weighted by molar-refractivity contribution is -0.527. The van der Waals surface area contributed by atoms with Crippen molar-refractivity contribution in [2.75, 3.05) is 31.6 Å². The largest absolute Gasteiger partial charge is 0.392 e. The van der Waals surface area contributed by atoms with E-state index in [1.165, 1.54) is 11.3 Å². The second kappa shape index (κ2) is 8.23. The minimum absolute atomic E-state index is 0.0419. The van der Waals surface area contributed by atoms with Crippen molar-refractivity contribution in [3.63, 3.8) is 0 Å². The SMILES string of the molecule is OCC[N+](=CNc1nc(-c2ccc(Br)cc2)cs1)CCO. The summed E-state index contributed by atoms with van der Waals surface area (Å²) in [6, 6.07) is 7.99. The second-order valence-corrected chi connectivity index (χ2v) is 6.08. The summed E-state index contributed by atoms with van der Waals surface area (Å²) >= 11 is 4.92. The highest BCUT2D eigenvalue weighted by atomic mass is 79.9. The molecule has 0 aliphatic heterocycles. The molecule has 0 aliphatic carbocycles. The van der Waals surface area contributed by atoms with Crippen LogP contribution in [-0.2, 0) is 0 Å². The monoisotopic (exact) mass is 370 g/mol. The van der Waals surface area contributed by atoms with Crippen LogP contribution in [0.15, 0.2) is 34.1 Å². The quantitative estimate of drug-likeness (QED) is 0.396. The molecule has 0 fully saturated rings. The van der Waals surface area contributed by atoms with E-state index >= 15 is 0 Å². The van der Waals surface area contributed by atoms with Crippen molar-refractivity contribution in [3.8, 4) is 11.3 Å². The van der Waals surface area contributed by atoms with E-state index in [0.29, 0.717) is 13.1 Å². The maximum atomic E-state index is 8.95. The highest BCUT2D eigenvalue weighted by molar-refractivity contribution is 9.10. The van der Waals surface area contributed by atoms with Crippen molar-refractivity contribution in [1.82, 2.24) is 4.98 Å². The Morgan fingerprint density at radius 1 is 1.19 bits per heavy atom. The third kappa shape index (κ3) is 4.89. The van der Waals surface area contributed by atoms with Crippen LogP contribution in [0.2, 0.25) is 0 Å². The Balaban J connectivity index is 2.05. The van der Waals surface area contributed by atoms with Gasteiger partial charge in [-0.3, -0.25) is 4.58 Å². The number of aromatic nitrogens is 1. The molecule has 3 N–H and O–H groups in total. The number of nitrogens with one attached hydrogen (secondary N) is 1. The lowest BCUT2D eigenvalue weighted by atomic mass is 10.2. The first-order valence-electron chi connectivity index (χ1n) is 6.50. The van der Waals surface area contributed by atoms with Crippen LogP contribution in [0.5, 0.6) is 0 Å². The van der Waals surface area contributed by atoms with Gasteiger partial charge in [-0.1, -0.05) is 39.4 Å². The van der Waals surface area contributed by atoms with Gasteiger partial charge in [0.15, 0.2) is 0 Å². The number of nitrogens with zero attached hydrogens (tertiary/aromatic N) is 2. The van der Waals surface area contributed by atoms with E-state index in [4.69, 9.17) is 10.2 Å². The Kier molecular flexibility index (Phi) is 6.31. The predicted molar refractivity (Wildman–Crippen MR) is 89.1 cm³/mol. The van der Waals surface area contributed by atoms with Crippen molar-refractivity contribution in [2.45, 2.75) is 0 Å². The Labute approximate surface area is 135 Å². The Morgan fingerprint density at radius 3 is 2.48 bits per heavy atom. The summed E-state index contributed by atoms with van der Waals surface area (Å²) in [7, 11) is 0. The minimum atomic E-state index is 0.0419. The molecule has 1 heterocycles. The molecule has 0 bridgehead atoms. The highest BCUT2D eigenvalue weighted by Gasteiger charge is 2.07. The number of anilines is 1. The van der Waals surface area contributed by atoms with Gasteiger partial charge in [0.1, 0.15) is 13.1 Å². The van der Waals surface area contributed by atoms with Crippen molar-refractivity contribution >= 4 is 38.7 Å². The molecule has 2 rings (SSSR count). The number of benzene rings is 1. The van der Waals surface area contributed by atoms with Crippen molar-refractivity contribution in [3.05, 3.63) is 34.1 Å². The summed E-state index contributed by atoms with van der Waals surface area (Å²) in [5.74, 6) is 0. The van der Waals surface area contributed by atoms with E-state index in [0.717, 1.165) is 20.9 Å². The second-order valence-electron chi connectivity index (χ2n) is 4.30. The molecule has 1 aromatic heterocycles. The molecule has 0 saturated carbocycles. The Hall–Kier alpha value is -1.28. The molecule has 7 heteroatoms. The van der Waals surface area contributed by atoms with Gasteiger partial charge in [0, 0.05) is 15.4 Å². The molecule has 0 saturated heterocycles. The van der Waals surface area contributed by atoms with Gasteiger partial charge in [-0.25, -0.2) is 5.32 Å². The Bertz CT molecular complexity index is 591. The summed E-state index contributed by atoms with van der Waals surface area (Å²) in [6.45, 7) is 1.03. The van der Waals surface area contributed by atoms with Gasteiger partial charge in [-0.15, -0.1) is 0 Å². The molecule has 5 nitrogen and oxygen atoms in total. The summed E-state index contributed by atoms with van der Waals surface area (Å²) in [4.78, 5) is 4.51. The van der Waals surface area contributed by atoms with E-state index in [1.807, 2.05) is 29.6 Å². The maximum Gasteiger partial charge on any atom is 0.276 e. The molecule has 1 aromatic carbocycles. The zero-order chi connectivity index (χ0) is 15.1. The summed E-state index contributed by atoms with van der Waals surface area (Å²) in [5, 5.41) is 23.7. The topological polar surface area (TPSA) is 68.4 Å². The number of hydrogen-bond donors (Lipinski definition) is 3. The number of aliphatic hydroxyl groups is 2. The predicted octanol–water partition coefficient (Wildman–Crippen LogP) is 2.01. The molecule has 0 amide bonds. The fourth-order valence-electron chi connectivity index (χ4n) is 1.74. The number of halogens is 1. The fraction of sp³-hybridized carbons (Fsp3) is 0.286. The van der Waals surface area contributed by atoms with Gasteiger partial charge in [0.2, 0.25) is 6.34 Å². The van der Waals surface area contributed by atoms with Gasteiger partial charge < -0.3 is 10.2 Å². The third-order valence-corrected chi connectivity index (χ3v) is 4.09. The van der Waals surface area contributed by atoms with E-state index < -0.39 is 0 Å². The number of thiazole rings is 1. The molecule has 2 aromatic rings. The minimum Gasteiger partial charge on any atom is -0.392 e. The lowest BCUT2D eigenvalue weighted by Crippen LogP contribution is -2.23. The fourth-order valence-corrected chi connectivity index (χ4v) is 2.69. The first kappa shape index (κ1) is 16.1. The van der Waals surface area contributed by atoms with Crippen LogP contribution >= 0.6 is 27.3 Å². The molecule has 0 radical (unpaired) electrons. The number of rotatable bonds is 7. The zero-order valence-electron chi connectivity index (χ0n) is 11.4. The van der Waals surface area contributed by atoms with Gasteiger partial charge in [-0.2, -0.15) is 4.98 Å². The van der Waals surface area contributed by atoms with E-state index in [2.05, 4.69) is 26.2 Å². The lowest BCUT2D eigenvalue weighted by Gasteiger charge is -2.02. The summed E-state index contributed by atoms with van der Waals surface area (Å²) in [6.07, 6.45) is 1.73. The van der Waals surface area contributed by atoms with Crippen LogP contribution in [0.25, 0.3) is 11.3 Å². The van der Waals surface area contributed by atoms with Gasteiger partial charge in [-0.05, 0) is 12.1 Å². The van der Waals surface area contributed by atoms with E-state index in [-0.39, 0.29) is 13.2 Å². The molecule has 0 unspecified atom stereocenters. The summed E-state index contributed by atoms with van der Waals surface area (Å²) in [5.41, 5.74) is 1.98. The normalized spacial score (nSPS) is 10.4. The molecule has 0 atom stereocenters. The van der Waals surface area contributed by atoms with Crippen LogP contribution in [-0.4, -0.2) is 52.4 Å². The van der Waals surface area contributed by atoms with E-state index in [9.17, 15) is 0 Å².